The maximum atomic E-state index is 3.40. The van der Waals surface area contributed by atoms with Crippen molar-refractivity contribution in [1.29, 1.82) is 0 Å². The molecule has 0 unspecified atom stereocenters. The topological polar surface area (TPSA) is 24.1 Å². The van der Waals surface area contributed by atoms with Gasteiger partial charge in [-0.05, 0) is 44.2 Å². The quantitative estimate of drug-likeness (QED) is 0.684. The molecule has 140 valence electrons. The zero-order chi connectivity index (χ0) is 18.9. The minimum absolute atomic E-state index is 0.275. The third-order valence-corrected chi connectivity index (χ3v) is 5.40. The second kappa shape index (κ2) is 7.17. The Morgan fingerprint density at radius 2 is 1.31 bits per heavy atom. The molecular formula is C24H34N2. The Kier molecular flexibility index (Phi) is 5.28. The van der Waals surface area contributed by atoms with Gasteiger partial charge in [-0.3, -0.25) is 0 Å². The first-order valence-electron chi connectivity index (χ1n) is 9.81. The molecule has 0 aliphatic carbocycles. The Hall–Kier alpha value is -1.64. The van der Waals surface area contributed by atoms with Crippen LogP contribution in [-0.2, 0) is 37.0 Å². The highest BCUT2D eigenvalue weighted by Crippen LogP contribution is 2.30. The lowest BCUT2D eigenvalue weighted by molar-refractivity contribution is 0.582. The number of fused-ring (bicyclic) bond motifs is 2. The van der Waals surface area contributed by atoms with E-state index in [9.17, 15) is 0 Å². The maximum absolute atomic E-state index is 3.40. The second-order valence-electron chi connectivity index (χ2n) is 9.63. The monoisotopic (exact) mass is 350 g/mol. The Morgan fingerprint density at radius 3 is 2.00 bits per heavy atom. The summed E-state index contributed by atoms with van der Waals surface area (Å²) in [5.41, 5.74) is 9.43. The standard InChI is InChI=1S/2C12H17N/c1-12(2,3)11-5-4-9-7-13-8-10(9)6-11;1-12(2,3)11-6-4-5-9-7-13-8-10(9)11/h2*4-6,13H,7-8H2,1-3H3. The molecular weight excluding hydrogens is 316 g/mol. The molecule has 2 nitrogen and oxygen atoms in total. The summed E-state index contributed by atoms with van der Waals surface area (Å²) in [5, 5.41) is 6.77. The van der Waals surface area contributed by atoms with E-state index in [0.717, 1.165) is 26.2 Å². The van der Waals surface area contributed by atoms with E-state index < -0.39 is 0 Å². The van der Waals surface area contributed by atoms with E-state index >= 15 is 0 Å². The molecule has 2 heteroatoms. The van der Waals surface area contributed by atoms with E-state index in [1.54, 1.807) is 0 Å². The molecule has 0 radical (unpaired) electrons. The van der Waals surface area contributed by atoms with E-state index in [0.29, 0.717) is 0 Å². The van der Waals surface area contributed by atoms with Crippen LogP contribution in [-0.4, -0.2) is 0 Å². The van der Waals surface area contributed by atoms with Crippen LogP contribution in [0.25, 0.3) is 0 Å². The van der Waals surface area contributed by atoms with Crippen molar-refractivity contribution >= 4 is 0 Å². The normalized spacial score (nSPS) is 15.9. The largest absolute Gasteiger partial charge is 0.309 e. The van der Waals surface area contributed by atoms with Gasteiger partial charge < -0.3 is 10.6 Å². The summed E-state index contributed by atoms with van der Waals surface area (Å²) in [7, 11) is 0. The van der Waals surface area contributed by atoms with Crippen molar-refractivity contribution in [2.75, 3.05) is 0 Å². The molecule has 0 saturated heterocycles. The molecule has 0 fully saturated rings. The third kappa shape index (κ3) is 4.19. The van der Waals surface area contributed by atoms with Gasteiger partial charge in [-0.1, -0.05) is 77.9 Å². The van der Waals surface area contributed by atoms with Gasteiger partial charge in [0.2, 0.25) is 0 Å². The lowest BCUT2D eigenvalue weighted by atomic mass is 9.83. The summed E-state index contributed by atoms with van der Waals surface area (Å²) in [4.78, 5) is 0. The lowest BCUT2D eigenvalue weighted by Crippen LogP contribution is -2.14. The molecule has 0 atom stereocenters. The maximum Gasteiger partial charge on any atom is 0.0214 e. The number of hydrogen-bond donors (Lipinski definition) is 2. The van der Waals surface area contributed by atoms with Gasteiger partial charge in [0.25, 0.3) is 0 Å². The molecule has 26 heavy (non-hydrogen) atoms. The summed E-state index contributed by atoms with van der Waals surface area (Å²) < 4.78 is 0. The number of benzene rings is 2. The van der Waals surface area contributed by atoms with Crippen LogP contribution in [0.4, 0.5) is 0 Å². The van der Waals surface area contributed by atoms with Crippen molar-refractivity contribution in [3.63, 3.8) is 0 Å². The summed E-state index contributed by atoms with van der Waals surface area (Å²) in [6.07, 6.45) is 0. The average molecular weight is 351 g/mol. The Morgan fingerprint density at radius 1 is 0.654 bits per heavy atom. The molecule has 2 N–H and O–H groups in total. The minimum Gasteiger partial charge on any atom is -0.309 e. The molecule has 2 aliphatic rings. The zero-order valence-electron chi connectivity index (χ0n) is 17.3. The first-order chi connectivity index (χ1) is 12.2. The molecule has 0 amide bonds. The van der Waals surface area contributed by atoms with Crippen LogP contribution in [0.5, 0.6) is 0 Å². The predicted molar refractivity (Wildman–Crippen MR) is 111 cm³/mol. The summed E-state index contributed by atoms with van der Waals surface area (Å²) in [6.45, 7) is 17.8. The summed E-state index contributed by atoms with van der Waals surface area (Å²) in [5.74, 6) is 0. The molecule has 2 aromatic rings. The fraction of sp³-hybridized carbons (Fsp3) is 0.500. The van der Waals surface area contributed by atoms with Crippen molar-refractivity contribution < 1.29 is 0 Å². The number of nitrogens with one attached hydrogen (secondary N) is 2. The lowest BCUT2D eigenvalue weighted by Gasteiger charge is -2.22. The summed E-state index contributed by atoms with van der Waals surface area (Å²) >= 11 is 0. The Labute approximate surface area is 159 Å². The SMILES string of the molecule is CC(C)(C)c1ccc2c(c1)CNC2.CC(C)(C)c1cccc2c1CNC2. The Bertz CT molecular complexity index is 776. The minimum atomic E-state index is 0.275. The molecule has 0 spiro atoms. The van der Waals surface area contributed by atoms with E-state index in [1.165, 1.54) is 33.4 Å². The van der Waals surface area contributed by atoms with E-state index in [2.05, 4.69) is 88.6 Å². The zero-order valence-corrected chi connectivity index (χ0v) is 17.3. The van der Waals surface area contributed by atoms with Gasteiger partial charge in [-0.2, -0.15) is 0 Å². The van der Waals surface area contributed by atoms with Crippen LogP contribution in [0.15, 0.2) is 36.4 Å². The first kappa shape index (κ1) is 19.1. The molecule has 0 aromatic heterocycles. The first-order valence-corrected chi connectivity index (χ1v) is 9.81. The highest BCUT2D eigenvalue weighted by atomic mass is 14.9. The van der Waals surface area contributed by atoms with E-state index in [1.807, 2.05) is 0 Å². The van der Waals surface area contributed by atoms with Crippen molar-refractivity contribution in [3.8, 4) is 0 Å². The van der Waals surface area contributed by atoms with Crippen molar-refractivity contribution in [3.05, 3.63) is 69.8 Å². The molecule has 0 saturated carbocycles. The van der Waals surface area contributed by atoms with Crippen molar-refractivity contribution in [2.24, 2.45) is 0 Å². The van der Waals surface area contributed by atoms with Gasteiger partial charge in [0.05, 0.1) is 0 Å². The molecule has 0 bridgehead atoms. The highest BCUT2D eigenvalue weighted by molar-refractivity contribution is 5.41. The van der Waals surface area contributed by atoms with Crippen LogP contribution in [0.2, 0.25) is 0 Å². The van der Waals surface area contributed by atoms with Gasteiger partial charge in [0.15, 0.2) is 0 Å². The van der Waals surface area contributed by atoms with Crippen LogP contribution >= 0.6 is 0 Å². The van der Waals surface area contributed by atoms with Gasteiger partial charge in [-0.25, -0.2) is 0 Å². The van der Waals surface area contributed by atoms with Crippen molar-refractivity contribution in [2.45, 2.75) is 78.6 Å². The van der Waals surface area contributed by atoms with Gasteiger partial charge in [-0.15, -0.1) is 0 Å². The van der Waals surface area contributed by atoms with Crippen molar-refractivity contribution in [1.82, 2.24) is 10.6 Å². The average Bonchev–Trinajstić information content (AvgIpc) is 3.21. The van der Waals surface area contributed by atoms with Crippen LogP contribution < -0.4 is 10.6 Å². The predicted octanol–water partition coefficient (Wildman–Crippen LogP) is 5.17. The smallest absolute Gasteiger partial charge is 0.0214 e. The van der Waals surface area contributed by atoms with Crippen LogP contribution in [0.1, 0.15) is 74.9 Å². The Balaban J connectivity index is 0.000000151. The van der Waals surface area contributed by atoms with Crippen LogP contribution in [0.3, 0.4) is 0 Å². The third-order valence-electron chi connectivity index (χ3n) is 5.40. The summed E-state index contributed by atoms with van der Waals surface area (Å²) in [6, 6.07) is 13.5. The van der Waals surface area contributed by atoms with E-state index in [-0.39, 0.29) is 10.8 Å². The molecule has 2 aromatic carbocycles. The van der Waals surface area contributed by atoms with Gasteiger partial charge in [0, 0.05) is 26.2 Å². The number of rotatable bonds is 0. The fourth-order valence-electron chi connectivity index (χ4n) is 3.80. The van der Waals surface area contributed by atoms with Crippen LogP contribution in [0, 0.1) is 0 Å². The van der Waals surface area contributed by atoms with Gasteiger partial charge in [0.1, 0.15) is 0 Å². The highest BCUT2D eigenvalue weighted by Gasteiger charge is 2.21. The second-order valence-corrected chi connectivity index (χ2v) is 9.63. The molecule has 2 aliphatic heterocycles. The fourth-order valence-corrected chi connectivity index (χ4v) is 3.80. The van der Waals surface area contributed by atoms with E-state index in [4.69, 9.17) is 0 Å². The number of hydrogen-bond acceptors (Lipinski definition) is 2. The molecule has 4 rings (SSSR count). The molecule has 2 heterocycles. The van der Waals surface area contributed by atoms with Gasteiger partial charge >= 0.3 is 0 Å².